The molecule has 1 heteroatoms. The smallest absolute Gasteiger partial charge is 0.0269 e. The number of rotatable bonds is 3. The van der Waals surface area contributed by atoms with Gasteiger partial charge in [-0.1, -0.05) is 18.1 Å². The minimum atomic E-state index is 0.732. The fourth-order valence-corrected chi connectivity index (χ4v) is 0.458. The Labute approximate surface area is 56.9 Å². The van der Waals surface area contributed by atoms with Gasteiger partial charge < -0.3 is 5.73 Å². The van der Waals surface area contributed by atoms with Crippen molar-refractivity contribution < 1.29 is 0 Å². The van der Waals surface area contributed by atoms with Crippen LogP contribution in [0.4, 0.5) is 0 Å². The summed E-state index contributed by atoms with van der Waals surface area (Å²) in [7, 11) is 0. The topological polar surface area (TPSA) is 26.0 Å². The monoisotopic (exact) mass is 123 g/mol. The molecule has 50 valence electrons. The molecule has 0 rings (SSSR count). The SMILES string of the molecule is CC#CC/C=C/CCN. The zero-order valence-electron chi connectivity index (χ0n) is 5.85. The first kappa shape index (κ1) is 8.26. The van der Waals surface area contributed by atoms with Crippen molar-refractivity contribution in [2.75, 3.05) is 6.54 Å². The molecule has 0 amide bonds. The highest BCUT2D eigenvalue weighted by atomic mass is 14.5. The molecular weight excluding hydrogens is 110 g/mol. The van der Waals surface area contributed by atoms with E-state index in [4.69, 9.17) is 5.73 Å². The van der Waals surface area contributed by atoms with Crippen molar-refractivity contribution in [3.05, 3.63) is 12.2 Å². The maximum Gasteiger partial charge on any atom is 0.0269 e. The molecule has 0 saturated heterocycles. The van der Waals surface area contributed by atoms with E-state index in [1.165, 1.54) is 0 Å². The van der Waals surface area contributed by atoms with E-state index in [9.17, 15) is 0 Å². The van der Waals surface area contributed by atoms with Crippen LogP contribution in [0.5, 0.6) is 0 Å². The van der Waals surface area contributed by atoms with E-state index in [1.807, 2.05) is 13.0 Å². The highest BCUT2D eigenvalue weighted by Crippen LogP contribution is 1.82. The fourth-order valence-electron chi connectivity index (χ4n) is 0.458. The van der Waals surface area contributed by atoms with Crippen molar-refractivity contribution in [2.24, 2.45) is 5.73 Å². The molecule has 9 heavy (non-hydrogen) atoms. The summed E-state index contributed by atoms with van der Waals surface area (Å²) in [6.07, 6.45) is 5.93. The zero-order chi connectivity index (χ0) is 6.95. The lowest BCUT2D eigenvalue weighted by molar-refractivity contribution is 1.00. The third-order valence-corrected chi connectivity index (χ3v) is 0.897. The Morgan fingerprint density at radius 2 is 2.22 bits per heavy atom. The summed E-state index contributed by atoms with van der Waals surface area (Å²) in [5.41, 5.74) is 5.26. The van der Waals surface area contributed by atoms with Gasteiger partial charge in [0, 0.05) is 6.42 Å². The van der Waals surface area contributed by atoms with Crippen molar-refractivity contribution in [2.45, 2.75) is 19.8 Å². The van der Waals surface area contributed by atoms with E-state index in [-0.39, 0.29) is 0 Å². The van der Waals surface area contributed by atoms with Crippen molar-refractivity contribution in [3.8, 4) is 11.8 Å². The average molecular weight is 123 g/mol. The van der Waals surface area contributed by atoms with E-state index in [1.54, 1.807) is 0 Å². The van der Waals surface area contributed by atoms with Crippen LogP contribution in [-0.4, -0.2) is 6.54 Å². The standard InChI is InChI=1S/C8H13N/c1-2-3-4-5-6-7-8-9/h5-6H,4,7-9H2,1H3/b6-5+. The molecule has 0 bridgehead atoms. The van der Waals surface area contributed by atoms with Gasteiger partial charge in [0.15, 0.2) is 0 Å². The van der Waals surface area contributed by atoms with Crippen molar-refractivity contribution in [1.82, 2.24) is 0 Å². The molecular formula is C8H13N. The number of hydrogen-bond acceptors (Lipinski definition) is 1. The van der Waals surface area contributed by atoms with Crippen LogP contribution in [0, 0.1) is 11.8 Å². The normalized spacial score (nSPS) is 9.11. The molecule has 0 aliphatic rings. The van der Waals surface area contributed by atoms with E-state index in [0.717, 1.165) is 19.4 Å². The van der Waals surface area contributed by atoms with Gasteiger partial charge in [-0.15, -0.1) is 5.92 Å². The van der Waals surface area contributed by atoms with E-state index < -0.39 is 0 Å². The molecule has 0 aliphatic carbocycles. The van der Waals surface area contributed by atoms with E-state index >= 15 is 0 Å². The maximum absolute atomic E-state index is 5.26. The minimum absolute atomic E-state index is 0.732. The van der Waals surface area contributed by atoms with Crippen molar-refractivity contribution >= 4 is 0 Å². The van der Waals surface area contributed by atoms with Gasteiger partial charge >= 0.3 is 0 Å². The Balaban J connectivity index is 3.11. The molecule has 0 spiro atoms. The lowest BCUT2D eigenvalue weighted by Gasteiger charge is -1.80. The molecule has 0 saturated carbocycles. The Kier molecular flexibility index (Phi) is 6.66. The first-order chi connectivity index (χ1) is 4.41. The van der Waals surface area contributed by atoms with Gasteiger partial charge in [0.1, 0.15) is 0 Å². The second-order valence-corrected chi connectivity index (χ2v) is 1.68. The molecule has 0 aromatic carbocycles. The van der Waals surface area contributed by atoms with Crippen molar-refractivity contribution in [3.63, 3.8) is 0 Å². The molecule has 1 nitrogen and oxygen atoms in total. The lowest BCUT2D eigenvalue weighted by Crippen LogP contribution is -1.94. The molecule has 0 atom stereocenters. The molecule has 2 N–H and O–H groups in total. The summed E-state index contributed by atoms with van der Waals surface area (Å²) >= 11 is 0. The third-order valence-electron chi connectivity index (χ3n) is 0.897. The van der Waals surface area contributed by atoms with Gasteiger partial charge in [-0.25, -0.2) is 0 Å². The minimum Gasteiger partial charge on any atom is -0.330 e. The average Bonchev–Trinajstić information content (AvgIpc) is 1.89. The highest BCUT2D eigenvalue weighted by molar-refractivity contribution is 5.02. The summed E-state index contributed by atoms with van der Waals surface area (Å²) in [6, 6.07) is 0. The molecule has 0 unspecified atom stereocenters. The molecule has 0 aromatic heterocycles. The predicted molar refractivity (Wildman–Crippen MR) is 40.9 cm³/mol. The largest absolute Gasteiger partial charge is 0.330 e. The van der Waals surface area contributed by atoms with Crippen LogP contribution in [0.1, 0.15) is 19.8 Å². The molecule has 0 aliphatic heterocycles. The quantitative estimate of drug-likeness (QED) is 0.444. The first-order valence-corrected chi connectivity index (χ1v) is 3.16. The summed E-state index contributed by atoms with van der Waals surface area (Å²) in [6.45, 7) is 2.58. The molecule has 0 aromatic rings. The Bertz CT molecular complexity index is 125. The van der Waals surface area contributed by atoms with Crippen molar-refractivity contribution in [1.29, 1.82) is 0 Å². The number of allylic oxidation sites excluding steroid dienone is 1. The van der Waals surface area contributed by atoms with Crippen LogP contribution in [0.25, 0.3) is 0 Å². The Morgan fingerprint density at radius 3 is 2.78 bits per heavy atom. The fraction of sp³-hybridized carbons (Fsp3) is 0.500. The summed E-state index contributed by atoms with van der Waals surface area (Å²) < 4.78 is 0. The van der Waals surface area contributed by atoms with Gasteiger partial charge in [-0.05, 0) is 19.9 Å². The first-order valence-electron chi connectivity index (χ1n) is 3.16. The van der Waals surface area contributed by atoms with Gasteiger partial charge in [0.2, 0.25) is 0 Å². The summed E-state index contributed by atoms with van der Waals surface area (Å²) in [4.78, 5) is 0. The van der Waals surface area contributed by atoms with Gasteiger partial charge in [0.25, 0.3) is 0 Å². The van der Waals surface area contributed by atoms with Crippen LogP contribution < -0.4 is 5.73 Å². The second-order valence-electron chi connectivity index (χ2n) is 1.68. The van der Waals surface area contributed by atoms with E-state index in [2.05, 4.69) is 17.9 Å². The van der Waals surface area contributed by atoms with Crippen LogP contribution >= 0.6 is 0 Å². The number of hydrogen-bond donors (Lipinski definition) is 1. The van der Waals surface area contributed by atoms with Gasteiger partial charge in [-0.2, -0.15) is 0 Å². The summed E-state index contributed by atoms with van der Waals surface area (Å²) in [5.74, 6) is 5.74. The second kappa shape index (κ2) is 7.26. The van der Waals surface area contributed by atoms with Crippen LogP contribution in [-0.2, 0) is 0 Å². The van der Waals surface area contributed by atoms with Crippen LogP contribution in [0.3, 0.4) is 0 Å². The van der Waals surface area contributed by atoms with Crippen LogP contribution in [0.15, 0.2) is 12.2 Å². The summed E-state index contributed by atoms with van der Waals surface area (Å²) in [5, 5.41) is 0. The number of nitrogens with two attached hydrogens (primary N) is 1. The Morgan fingerprint density at radius 1 is 1.44 bits per heavy atom. The zero-order valence-corrected chi connectivity index (χ0v) is 5.85. The predicted octanol–water partition coefficient (Wildman–Crippen LogP) is 1.30. The molecule has 0 heterocycles. The Hall–Kier alpha value is -0.740. The van der Waals surface area contributed by atoms with Crippen LogP contribution in [0.2, 0.25) is 0 Å². The lowest BCUT2D eigenvalue weighted by atomic mass is 10.3. The maximum atomic E-state index is 5.26. The van der Waals surface area contributed by atoms with E-state index in [0.29, 0.717) is 0 Å². The van der Waals surface area contributed by atoms with Gasteiger partial charge in [-0.3, -0.25) is 0 Å². The molecule has 0 radical (unpaired) electrons. The highest BCUT2D eigenvalue weighted by Gasteiger charge is 1.70. The van der Waals surface area contributed by atoms with Gasteiger partial charge in [0.05, 0.1) is 0 Å². The molecule has 0 fully saturated rings. The third kappa shape index (κ3) is 7.26.